The summed E-state index contributed by atoms with van der Waals surface area (Å²) in [4.78, 5) is 38.8. The summed E-state index contributed by atoms with van der Waals surface area (Å²) in [5.41, 5.74) is 5.75. The summed E-state index contributed by atoms with van der Waals surface area (Å²) in [6.07, 6.45) is 2.64. The van der Waals surface area contributed by atoms with Crippen LogP contribution in [0, 0.1) is 11.8 Å². The fourth-order valence-corrected chi connectivity index (χ4v) is 6.05. The summed E-state index contributed by atoms with van der Waals surface area (Å²) in [5, 5.41) is 12.1. The molecule has 1 fully saturated rings. The van der Waals surface area contributed by atoms with Crippen molar-refractivity contribution in [1.29, 1.82) is 0 Å². The molecule has 0 spiro atoms. The molecular formula is C33H36N2O5. The minimum Gasteiger partial charge on any atom is -0.481 e. The molecule has 7 heteroatoms. The summed E-state index contributed by atoms with van der Waals surface area (Å²) in [6, 6.07) is 26.2. The van der Waals surface area contributed by atoms with E-state index in [1.54, 1.807) is 4.90 Å². The third kappa shape index (κ3) is 6.53. The van der Waals surface area contributed by atoms with Crippen LogP contribution in [-0.4, -0.2) is 47.7 Å². The van der Waals surface area contributed by atoms with Crippen LogP contribution >= 0.6 is 0 Å². The normalized spacial score (nSPS) is 17.9. The Labute approximate surface area is 235 Å². The van der Waals surface area contributed by atoms with Crippen LogP contribution in [-0.2, 0) is 20.9 Å². The Morgan fingerprint density at radius 1 is 0.825 bits per heavy atom. The van der Waals surface area contributed by atoms with Gasteiger partial charge in [0.2, 0.25) is 5.91 Å². The smallest absolute Gasteiger partial charge is 0.407 e. The predicted molar refractivity (Wildman–Crippen MR) is 153 cm³/mol. The van der Waals surface area contributed by atoms with Gasteiger partial charge >= 0.3 is 12.1 Å². The minimum absolute atomic E-state index is 0.0213. The maximum absolute atomic E-state index is 13.3. The fourth-order valence-electron chi connectivity index (χ4n) is 6.05. The molecule has 0 atom stereocenters. The van der Waals surface area contributed by atoms with Gasteiger partial charge in [-0.1, -0.05) is 78.9 Å². The lowest BCUT2D eigenvalue weighted by atomic mass is 9.81. The molecule has 3 aromatic carbocycles. The van der Waals surface area contributed by atoms with Crippen LogP contribution in [0.5, 0.6) is 0 Å². The number of hydrogen-bond donors (Lipinski definition) is 2. The highest BCUT2D eigenvalue weighted by atomic mass is 16.5. The zero-order valence-corrected chi connectivity index (χ0v) is 22.6. The molecule has 2 aliphatic carbocycles. The second-order valence-corrected chi connectivity index (χ2v) is 10.8. The summed E-state index contributed by atoms with van der Waals surface area (Å²) in [7, 11) is 0. The first-order valence-electron chi connectivity index (χ1n) is 14.1. The number of carbonyl (C=O) groups excluding carboxylic acids is 2. The largest absolute Gasteiger partial charge is 0.481 e. The molecule has 2 aliphatic rings. The molecule has 0 radical (unpaired) electrons. The molecular weight excluding hydrogens is 504 g/mol. The van der Waals surface area contributed by atoms with E-state index in [0.29, 0.717) is 13.1 Å². The van der Waals surface area contributed by atoms with Crippen LogP contribution in [0.4, 0.5) is 4.79 Å². The van der Waals surface area contributed by atoms with E-state index in [1.807, 2.05) is 54.6 Å². The van der Waals surface area contributed by atoms with Crippen molar-refractivity contribution in [2.45, 2.75) is 44.6 Å². The van der Waals surface area contributed by atoms with E-state index in [1.165, 1.54) is 22.3 Å². The minimum atomic E-state index is -0.908. The molecule has 7 nitrogen and oxygen atoms in total. The van der Waals surface area contributed by atoms with E-state index in [0.717, 1.165) is 31.2 Å². The zero-order valence-electron chi connectivity index (χ0n) is 22.6. The topological polar surface area (TPSA) is 95.9 Å². The molecule has 40 heavy (non-hydrogen) atoms. The average molecular weight is 541 g/mol. The molecule has 0 aliphatic heterocycles. The van der Waals surface area contributed by atoms with E-state index >= 15 is 0 Å². The van der Waals surface area contributed by atoms with E-state index in [4.69, 9.17) is 9.84 Å². The number of carboxylic acids is 1. The third-order valence-electron chi connectivity index (χ3n) is 8.20. The quantitative estimate of drug-likeness (QED) is 0.337. The SMILES string of the molecule is O=C(O)CCN(Cc1ccccc1)C(=O)C1CCC(CNC(=O)OCC2c3ccccc3-c3ccccc32)CC1. The Morgan fingerprint density at radius 3 is 2.05 bits per heavy atom. The third-order valence-corrected chi connectivity index (χ3v) is 8.20. The van der Waals surface area contributed by atoms with Gasteiger partial charge in [-0.05, 0) is 59.4 Å². The number of alkyl carbamates (subject to hydrolysis) is 1. The Hall–Kier alpha value is -4.13. The number of benzene rings is 3. The van der Waals surface area contributed by atoms with E-state index in [2.05, 4.69) is 29.6 Å². The molecule has 0 aromatic heterocycles. The maximum atomic E-state index is 13.3. The molecule has 0 saturated heterocycles. The first-order valence-corrected chi connectivity index (χ1v) is 14.1. The van der Waals surface area contributed by atoms with Gasteiger partial charge in [0.15, 0.2) is 0 Å². The second kappa shape index (κ2) is 12.8. The lowest BCUT2D eigenvalue weighted by molar-refractivity contribution is -0.140. The van der Waals surface area contributed by atoms with Crippen molar-refractivity contribution < 1.29 is 24.2 Å². The first-order chi connectivity index (χ1) is 19.5. The van der Waals surface area contributed by atoms with Crippen LogP contribution in [0.3, 0.4) is 0 Å². The van der Waals surface area contributed by atoms with Crippen LogP contribution < -0.4 is 5.32 Å². The van der Waals surface area contributed by atoms with Crippen LogP contribution in [0.1, 0.15) is 54.7 Å². The van der Waals surface area contributed by atoms with Gasteiger partial charge in [-0.15, -0.1) is 0 Å². The van der Waals surface area contributed by atoms with E-state index < -0.39 is 12.1 Å². The number of nitrogens with zero attached hydrogens (tertiary/aromatic N) is 1. The Balaban J connectivity index is 1.08. The lowest BCUT2D eigenvalue weighted by Gasteiger charge is -2.32. The lowest BCUT2D eigenvalue weighted by Crippen LogP contribution is -2.39. The fraction of sp³-hybridized carbons (Fsp3) is 0.364. The van der Waals surface area contributed by atoms with Gasteiger partial charge in [-0.25, -0.2) is 4.79 Å². The summed E-state index contributed by atoms with van der Waals surface area (Å²) >= 11 is 0. The van der Waals surface area contributed by atoms with Gasteiger partial charge in [0.25, 0.3) is 0 Å². The molecule has 2 N–H and O–H groups in total. The number of aliphatic carboxylic acids is 1. The summed E-state index contributed by atoms with van der Waals surface area (Å²) in [5.74, 6) is -0.698. The number of hydrogen-bond acceptors (Lipinski definition) is 4. The van der Waals surface area contributed by atoms with Crippen molar-refractivity contribution in [1.82, 2.24) is 10.2 Å². The standard InChI is InChI=1S/C33H36N2O5/c36-31(37)18-19-35(21-24-8-2-1-3-9-24)32(38)25-16-14-23(15-17-25)20-34-33(39)40-22-30-28-12-6-4-10-26(28)27-11-5-7-13-29(27)30/h1-13,23,25,30H,14-22H2,(H,34,39)(H,36,37). The number of ether oxygens (including phenoxy) is 1. The monoisotopic (exact) mass is 540 g/mol. The zero-order chi connectivity index (χ0) is 27.9. The van der Waals surface area contributed by atoms with Crippen molar-refractivity contribution in [3.05, 3.63) is 95.6 Å². The summed E-state index contributed by atoms with van der Waals surface area (Å²) < 4.78 is 5.67. The maximum Gasteiger partial charge on any atom is 0.407 e. The molecule has 2 amide bonds. The number of carboxylic acid groups (broad SMARTS) is 1. The summed E-state index contributed by atoms with van der Waals surface area (Å²) in [6.45, 7) is 1.42. The molecule has 3 aromatic rings. The van der Waals surface area contributed by atoms with Crippen molar-refractivity contribution >= 4 is 18.0 Å². The van der Waals surface area contributed by atoms with Crippen molar-refractivity contribution in [3.63, 3.8) is 0 Å². The number of amides is 2. The van der Waals surface area contributed by atoms with Crippen molar-refractivity contribution in [3.8, 4) is 11.1 Å². The van der Waals surface area contributed by atoms with Crippen LogP contribution in [0.25, 0.3) is 11.1 Å². The highest BCUT2D eigenvalue weighted by molar-refractivity contribution is 5.80. The Bertz CT molecular complexity index is 1290. The average Bonchev–Trinajstić information content (AvgIpc) is 3.31. The molecule has 0 unspecified atom stereocenters. The van der Waals surface area contributed by atoms with Crippen molar-refractivity contribution in [2.24, 2.45) is 11.8 Å². The van der Waals surface area contributed by atoms with Gasteiger partial charge in [0.1, 0.15) is 6.61 Å². The number of carbonyl (C=O) groups is 3. The van der Waals surface area contributed by atoms with Crippen molar-refractivity contribution in [2.75, 3.05) is 19.7 Å². The number of fused-ring (bicyclic) bond motifs is 3. The van der Waals surface area contributed by atoms with E-state index in [-0.39, 0.29) is 43.2 Å². The van der Waals surface area contributed by atoms with Gasteiger partial charge in [0.05, 0.1) is 6.42 Å². The number of rotatable bonds is 10. The first kappa shape index (κ1) is 27.4. The molecule has 0 bridgehead atoms. The molecule has 0 heterocycles. The molecule has 5 rings (SSSR count). The van der Waals surface area contributed by atoms with Gasteiger partial charge in [-0.3, -0.25) is 9.59 Å². The highest BCUT2D eigenvalue weighted by Crippen LogP contribution is 2.44. The van der Waals surface area contributed by atoms with Gasteiger partial charge in [0, 0.05) is 31.5 Å². The van der Waals surface area contributed by atoms with Gasteiger partial charge < -0.3 is 20.1 Å². The van der Waals surface area contributed by atoms with Gasteiger partial charge in [-0.2, -0.15) is 0 Å². The number of nitrogens with one attached hydrogen (secondary N) is 1. The predicted octanol–water partition coefficient (Wildman–Crippen LogP) is 5.84. The highest BCUT2D eigenvalue weighted by Gasteiger charge is 2.31. The second-order valence-electron chi connectivity index (χ2n) is 10.8. The molecule has 1 saturated carbocycles. The van der Waals surface area contributed by atoms with E-state index in [9.17, 15) is 14.4 Å². The van der Waals surface area contributed by atoms with Crippen LogP contribution in [0.15, 0.2) is 78.9 Å². The molecule has 208 valence electrons. The Morgan fingerprint density at radius 2 is 1.43 bits per heavy atom. The Kier molecular flexibility index (Phi) is 8.79. The van der Waals surface area contributed by atoms with Crippen LogP contribution in [0.2, 0.25) is 0 Å².